The number of aryl methyl sites for hydroxylation is 1. The third-order valence-corrected chi connectivity index (χ3v) is 2.19. The highest BCUT2D eigenvalue weighted by Gasteiger charge is 2.11. The van der Waals surface area contributed by atoms with E-state index in [2.05, 4.69) is 17.2 Å². The Labute approximate surface area is 99.9 Å². The molecule has 5 nitrogen and oxygen atoms in total. The molecule has 0 aliphatic rings. The fraction of sp³-hybridized carbons (Fsp3) is 0.333. The zero-order valence-corrected chi connectivity index (χ0v) is 9.79. The fourth-order valence-corrected chi connectivity index (χ4v) is 1.26. The van der Waals surface area contributed by atoms with E-state index < -0.39 is 0 Å². The lowest BCUT2D eigenvalue weighted by atomic mass is 10.2. The van der Waals surface area contributed by atoms with E-state index in [0.717, 1.165) is 5.56 Å². The van der Waals surface area contributed by atoms with Crippen molar-refractivity contribution in [1.82, 2.24) is 10.6 Å². The van der Waals surface area contributed by atoms with Gasteiger partial charge in [0.15, 0.2) is 5.76 Å². The highest BCUT2D eigenvalue weighted by Crippen LogP contribution is 2.07. The second-order valence-corrected chi connectivity index (χ2v) is 3.54. The molecule has 0 radical (unpaired) electrons. The van der Waals surface area contributed by atoms with Crippen LogP contribution in [0.3, 0.4) is 0 Å². The molecule has 0 aliphatic heterocycles. The van der Waals surface area contributed by atoms with Gasteiger partial charge in [-0.3, -0.25) is 9.59 Å². The number of carbonyl (C=O) groups excluding carboxylic acids is 2. The molecule has 0 fully saturated rings. The molecule has 2 N–H and O–H groups in total. The molecule has 0 unspecified atom stereocenters. The van der Waals surface area contributed by atoms with Gasteiger partial charge < -0.3 is 15.1 Å². The Kier molecular flexibility index (Phi) is 5.00. The molecule has 0 saturated heterocycles. The molecule has 0 saturated carbocycles. The zero-order chi connectivity index (χ0) is 12.7. The maximum Gasteiger partial charge on any atom is 0.287 e. The van der Waals surface area contributed by atoms with Gasteiger partial charge in [0.25, 0.3) is 5.91 Å². The molecule has 92 valence electrons. The number of amides is 2. The van der Waals surface area contributed by atoms with E-state index in [0.29, 0.717) is 25.3 Å². The van der Waals surface area contributed by atoms with Crippen LogP contribution < -0.4 is 10.6 Å². The van der Waals surface area contributed by atoms with Crippen LogP contribution in [-0.4, -0.2) is 24.9 Å². The van der Waals surface area contributed by atoms with Crippen molar-refractivity contribution in [2.75, 3.05) is 13.1 Å². The van der Waals surface area contributed by atoms with E-state index in [9.17, 15) is 9.59 Å². The number of rotatable bonds is 6. The smallest absolute Gasteiger partial charge is 0.287 e. The normalized spacial score (nSPS) is 9.71. The number of hydrogen-bond donors (Lipinski definition) is 2. The van der Waals surface area contributed by atoms with Crippen LogP contribution in [0.5, 0.6) is 0 Å². The minimum atomic E-state index is -0.234. The van der Waals surface area contributed by atoms with Gasteiger partial charge in [0, 0.05) is 18.7 Å². The average Bonchev–Trinajstić information content (AvgIpc) is 2.74. The summed E-state index contributed by atoms with van der Waals surface area (Å²) < 4.78 is 5.04. The summed E-state index contributed by atoms with van der Waals surface area (Å²) in [7, 11) is 0. The molecule has 0 atom stereocenters. The van der Waals surface area contributed by atoms with Crippen molar-refractivity contribution in [3.05, 3.63) is 36.3 Å². The highest BCUT2D eigenvalue weighted by molar-refractivity contribution is 5.92. The number of furan rings is 1. The van der Waals surface area contributed by atoms with Gasteiger partial charge >= 0.3 is 0 Å². The second-order valence-electron chi connectivity index (χ2n) is 3.54. The topological polar surface area (TPSA) is 71.3 Å². The van der Waals surface area contributed by atoms with Gasteiger partial charge in [-0.1, -0.05) is 6.58 Å². The molecular formula is C12H16N2O3. The molecule has 0 aromatic carbocycles. The summed E-state index contributed by atoms with van der Waals surface area (Å²) in [5.74, 6) is -0.110. The first-order valence-corrected chi connectivity index (χ1v) is 5.37. The minimum absolute atomic E-state index is 0.210. The van der Waals surface area contributed by atoms with Gasteiger partial charge in [-0.2, -0.15) is 0 Å². The Balaban J connectivity index is 2.19. The zero-order valence-electron chi connectivity index (χ0n) is 9.79. The van der Waals surface area contributed by atoms with E-state index in [1.165, 1.54) is 12.3 Å². The van der Waals surface area contributed by atoms with Crippen LogP contribution in [0.1, 0.15) is 22.5 Å². The first-order valence-electron chi connectivity index (χ1n) is 5.37. The molecule has 0 spiro atoms. The van der Waals surface area contributed by atoms with Crippen molar-refractivity contribution in [3.8, 4) is 0 Å². The van der Waals surface area contributed by atoms with Crippen LogP contribution >= 0.6 is 0 Å². The Morgan fingerprint density at radius 2 is 2.12 bits per heavy atom. The van der Waals surface area contributed by atoms with Crippen LogP contribution in [0.15, 0.2) is 29.4 Å². The quantitative estimate of drug-likeness (QED) is 0.572. The molecule has 0 aliphatic carbocycles. The van der Waals surface area contributed by atoms with E-state index in [4.69, 9.17) is 4.42 Å². The third kappa shape index (κ3) is 4.14. The highest BCUT2D eigenvalue weighted by atomic mass is 16.3. The van der Waals surface area contributed by atoms with E-state index in [-0.39, 0.29) is 11.8 Å². The predicted octanol–water partition coefficient (Wildman–Crippen LogP) is 1.01. The standard InChI is InChI=1S/C12H16N2O3/c1-3-10(15)13-6-4-7-14-12(16)11-9(2)5-8-17-11/h3,5,8H,1,4,6-7H2,2H3,(H,13,15)(H,14,16). The Hall–Kier alpha value is -2.04. The molecule has 1 heterocycles. The molecule has 0 bridgehead atoms. The van der Waals surface area contributed by atoms with Gasteiger partial charge in [-0.25, -0.2) is 0 Å². The van der Waals surface area contributed by atoms with Crippen LogP contribution in [0.2, 0.25) is 0 Å². The summed E-state index contributed by atoms with van der Waals surface area (Å²) in [6.07, 6.45) is 3.35. The summed E-state index contributed by atoms with van der Waals surface area (Å²) in [5, 5.41) is 5.33. The Bertz CT molecular complexity index is 410. The molecule has 1 aromatic rings. The van der Waals surface area contributed by atoms with Gasteiger partial charge in [-0.15, -0.1) is 0 Å². The van der Waals surface area contributed by atoms with Crippen molar-refractivity contribution in [2.24, 2.45) is 0 Å². The lowest BCUT2D eigenvalue weighted by Crippen LogP contribution is -2.29. The van der Waals surface area contributed by atoms with Crippen molar-refractivity contribution in [3.63, 3.8) is 0 Å². The largest absolute Gasteiger partial charge is 0.459 e. The molecule has 1 aromatic heterocycles. The Morgan fingerprint density at radius 3 is 2.71 bits per heavy atom. The van der Waals surface area contributed by atoms with Gasteiger partial charge in [0.05, 0.1) is 6.26 Å². The molecule has 17 heavy (non-hydrogen) atoms. The van der Waals surface area contributed by atoms with Crippen LogP contribution in [0, 0.1) is 6.92 Å². The number of carbonyl (C=O) groups is 2. The summed E-state index contributed by atoms with van der Waals surface area (Å²) in [6, 6.07) is 1.74. The number of hydrogen-bond acceptors (Lipinski definition) is 3. The monoisotopic (exact) mass is 236 g/mol. The van der Waals surface area contributed by atoms with Gasteiger partial charge in [-0.05, 0) is 25.5 Å². The van der Waals surface area contributed by atoms with E-state index in [1.54, 1.807) is 6.07 Å². The van der Waals surface area contributed by atoms with Crippen molar-refractivity contribution < 1.29 is 14.0 Å². The first kappa shape index (κ1) is 13.0. The third-order valence-electron chi connectivity index (χ3n) is 2.19. The molecule has 1 rings (SSSR count). The summed E-state index contributed by atoms with van der Waals surface area (Å²) >= 11 is 0. The minimum Gasteiger partial charge on any atom is -0.459 e. The second kappa shape index (κ2) is 6.52. The van der Waals surface area contributed by atoms with Crippen LogP contribution in [-0.2, 0) is 4.79 Å². The average molecular weight is 236 g/mol. The molecule has 5 heteroatoms. The van der Waals surface area contributed by atoms with E-state index in [1.807, 2.05) is 6.92 Å². The van der Waals surface area contributed by atoms with Gasteiger partial charge in [0.2, 0.25) is 5.91 Å². The van der Waals surface area contributed by atoms with Crippen LogP contribution in [0.25, 0.3) is 0 Å². The lowest BCUT2D eigenvalue weighted by molar-refractivity contribution is -0.116. The van der Waals surface area contributed by atoms with Crippen LogP contribution in [0.4, 0.5) is 0 Å². The Morgan fingerprint density at radius 1 is 1.41 bits per heavy atom. The fourth-order valence-electron chi connectivity index (χ4n) is 1.26. The molecule has 2 amide bonds. The summed E-state index contributed by atoms with van der Waals surface area (Å²) in [4.78, 5) is 22.4. The number of nitrogens with one attached hydrogen (secondary N) is 2. The maximum absolute atomic E-state index is 11.6. The summed E-state index contributed by atoms with van der Waals surface area (Å²) in [6.45, 7) is 6.13. The van der Waals surface area contributed by atoms with Crippen molar-refractivity contribution >= 4 is 11.8 Å². The predicted molar refractivity (Wildman–Crippen MR) is 63.6 cm³/mol. The summed E-state index contributed by atoms with van der Waals surface area (Å²) in [5.41, 5.74) is 0.808. The van der Waals surface area contributed by atoms with Crippen molar-refractivity contribution in [1.29, 1.82) is 0 Å². The lowest BCUT2D eigenvalue weighted by Gasteiger charge is -2.04. The van der Waals surface area contributed by atoms with Crippen molar-refractivity contribution in [2.45, 2.75) is 13.3 Å². The van der Waals surface area contributed by atoms with Gasteiger partial charge in [0.1, 0.15) is 0 Å². The first-order chi connectivity index (χ1) is 8.15. The molecular weight excluding hydrogens is 220 g/mol. The maximum atomic E-state index is 11.6. The van der Waals surface area contributed by atoms with E-state index >= 15 is 0 Å². The SMILES string of the molecule is C=CC(=O)NCCCNC(=O)c1occc1C.